The molecule has 9 N–H and O–H groups in total. The van der Waals surface area contributed by atoms with Gasteiger partial charge in [-0.05, 0) is 153 Å². The van der Waals surface area contributed by atoms with Crippen molar-refractivity contribution >= 4 is 0 Å². The van der Waals surface area contributed by atoms with Crippen molar-refractivity contribution in [2.75, 3.05) is 0 Å². The number of phenols is 6. The Morgan fingerprint density at radius 2 is 0.333 bits per heavy atom. The van der Waals surface area contributed by atoms with Crippen LogP contribution in [0.1, 0.15) is 316 Å². The highest BCUT2D eigenvalue weighted by Gasteiger charge is 2.38. The summed E-state index contributed by atoms with van der Waals surface area (Å²) in [6, 6.07) is 31.0. The van der Waals surface area contributed by atoms with Gasteiger partial charge in [0, 0.05) is 83.5 Å². The van der Waals surface area contributed by atoms with Crippen LogP contribution in [-0.4, -0.2) is 60.5 Å². The lowest BCUT2D eigenvalue weighted by Gasteiger charge is -2.28. The summed E-state index contributed by atoms with van der Waals surface area (Å²) in [4.78, 5) is 28.9. The molecule has 0 saturated carbocycles. The molecule has 0 fully saturated rings. The van der Waals surface area contributed by atoms with Gasteiger partial charge in [0.1, 0.15) is 69.1 Å². The van der Waals surface area contributed by atoms with Crippen molar-refractivity contribution in [3.63, 3.8) is 0 Å². The van der Waals surface area contributed by atoms with E-state index >= 15 is 0 Å². The van der Waals surface area contributed by atoms with Crippen LogP contribution >= 0.6 is 0 Å². The number of aromatic hydroxyl groups is 6. The van der Waals surface area contributed by atoms with E-state index in [1.54, 1.807) is 0 Å². The Morgan fingerprint density at radius 3 is 0.477 bits per heavy atom. The minimum atomic E-state index is -0.519. The van der Waals surface area contributed by atoms with Crippen molar-refractivity contribution in [2.24, 2.45) is 0 Å². The number of hydrogen-bond donors (Lipinski definition) is 9. The number of benzene rings is 7. The molecule has 0 amide bonds. The monoisotopic (exact) mass is 1500 g/mol. The first-order valence-electron chi connectivity index (χ1n) is 39.8. The van der Waals surface area contributed by atoms with Crippen LogP contribution in [0.25, 0.3) is 102 Å². The van der Waals surface area contributed by atoms with Crippen LogP contribution in [0, 0.1) is 0 Å². The van der Waals surface area contributed by atoms with Crippen molar-refractivity contribution in [1.82, 2.24) is 29.9 Å². The van der Waals surface area contributed by atoms with Gasteiger partial charge < -0.3 is 45.6 Å². The summed E-state index contributed by atoms with van der Waals surface area (Å²) in [5, 5.41) is 78.8. The molecule has 0 aliphatic heterocycles. The molecule has 0 radical (unpaired) electrons. The minimum absolute atomic E-state index is 0.0710. The Labute approximate surface area is 665 Å². The summed E-state index contributed by atoms with van der Waals surface area (Å²) in [5.74, 6) is 1.60. The first kappa shape index (κ1) is 84.4. The number of nitrogens with zero attached hydrogens (tertiary/aromatic N) is 3. The van der Waals surface area contributed by atoms with E-state index in [1.807, 2.05) is 36.4 Å². The van der Waals surface area contributed by atoms with Gasteiger partial charge in [-0.1, -0.05) is 286 Å². The number of hydrogen-bond acceptors (Lipinski definition) is 9. The number of phenolic OH excluding ortho intramolecular Hbond substituents is 6. The third kappa shape index (κ3) is 16.8. The molecule has 12 heteroatoms. The molecule has 12 nitrogen and oxygen atoms in total. The van der Waals surface area contributed by atoms with Gasteiger partial charge in [-0.3, -0.25) is 0 Å². The maximum Gasteiger partial charge on any atom is 0.138 e. The maximum atomic E-state index is 13.1. The molecule has 594 valence electrons. The van der Waals surface area contributed by atoms with E-state index in [4.69, 9.17) is 15.0 Å². The highest BCUT2D eigenvalue weighted by Crippen LogP contribution is 2.55. The van der Waals surface area contributed by atoms with E-state index in [9.17, 15) is 30.6 Å². The molecular formula is C99H132N6O6. The van der Waals surface area contributed by atoms with Gasteiger partial charge in [-0.2, -0.15) is 0 Å². The summed E-state index contributed by atoms with van der Waals surface area (Å²) < 4.78 is 0. The molecule has 0 bridgehead atoms. The normalized spacial score (nSPS) is 13.6. The van der Waals surface area contributed by atoms with Gasteiger partial charge in [0.2, 0.25) is 0 Å². The Balaban J connectivity index is 1.47. The fraction of sp³-hybridized carbons (Fsp3) is 0.485. The molecule has 3 aromatic heterocycles. The van der Waals surface area contributed by atoms with E-state index in [-0.39, 0.29) is 67.0 Å². The van der Waals surface area contributed by atoms with E-state index in [2.05, 4.69) is 319 Å². The lowest BCUT2D eigenvalue weighted by molar-refractivity contribution is 0.445. The van der Waals surface area contributed by atoms with E-state index < -0.39 is 32.5 Å². The molecule has 0 aliphatic rings. The molecule has 0 spiro atoms. The van der Waals surface area contributed by atoms with Crippen molar-refractivity contribution in [2.45, 2.75) is 314 Å². The van der Waals surface area contributed by atoms with Gasteiger partial charge in [0.15, 0.2) is 0 Å². The highest BCUT2D eigenvalue weighted by atomic mass is 16.3. The lowest BCUT2D eigenvalue weighted by atomic mass is 9.77. The molecule has 7 aromatic carbocycles. The Bertz CT molecular complexity index is 4450. The van der Waals surface area contributed by atoms with Gasteiger partial charge in [0.05, 0.1) is 17.1 Å². The zero-order valence-electron chi connectivity index (χ0n) is 74.2. The first-order chi connectivity index (χ1) is 50.1. The first-order valence-corrected chi connectivity index (χ1v) is 39.8. The topological polar surface area (TPSA) is 207 Å². The molecule has 10 rings (SSSR count). The summed E-state index contributed by atoms with van der Waals surface area (Å²) in [7, 11) is 0. The summed E-state index contributed by atoms with van der Waals surface area (Å²) in [6.45, 7) is 76.9. The second-order valence-electron chi connectivity index (χ2n) is 44.2. The highest BCUT2D eigenvalue weighted by molar-refractivity contribution is 5.93. The number of aromatic amines is 3. The molecule has 0 atom stereocenters. The zero-order chi connectivity index (χ0) is 83.6. The smallest absolute Gasteiger partial charge is 0.138 e. The van der Waals surface area contributed by atoms with Crippen LogP contribution in [0.3, 0.4) is 0 Å². The van der Waals surface area contributed by atoms with Crippen molar-refractivity contribution < 1.29 is 30.6 Å². The molecule has 0 aliphatic carbocycles. The SMILES string of the molecule is CC(C)(C)c1cc(-c2nc(-c3cc(-c4nc(-c5cc(C(C)(C)C)cc(C(C)(C)C)c5O)c(-c5cc(C(C)(C)C)cc(C(C)(C)C)c5O)[nH]4)cc(-c4nc(-c5cc(C(C)(C)C)cc(C(C)(C)C)c5O)c(-c5cc(C(C)(C)C)cc(C(C)(C)C)c5O)[nH]4)c3)[nH]c2-c2cc(C(C)(C)C)cc(C(C)(C)C)c2O)c(O)c(C(C)(C)C)c1. The molecule has 0 saturated heterocycles. The van der Waals surface area contributed by atoms with E-state index in [1.165, 1.54) is 0 Å². The molecular weight excluding hydrogens is 1370 g/mol. The molecule has 3 heterocycles. The third-order valence-electron chi connectivity index (χ3n) is 22.1. The number of rotatable bonds is 9. The number of imidazole rings is 3. The Hall–Kier alpha value is -9.03. The predicted molar refractivity (Wildman–Crippen MR) is 466 cm³/mol. The Morgan fingerprint density at radius 1 is 0.189 bits per heavy atom. The summed E-state index contributed by atoms with van der Waals surface area (Å²) in [6.07, 6.45) is 0. The van der Waals surface area contributed by atoms with Crippen LogP contribution in [0.2, 0.25) is 0 Å². The Kier molecular flexibility index (Phi) is 20.8. The van der Waals surface area contributed by atoms with Crippen LogP contribution < -0.4 is 0 Å². The van der Waals surface area contributed by atoms with E-state index in [0.717, 1.165) is 66.8 Å². The average molecular weight is 1500 g/mol. The quantitative estimate of drug-likeness (QED) is 0.0673. The van der Waals surface area contributed by atoms with Gasteiger partial charge >= 0.3 is 0 Å². The van der Waals surface area contributed by atoms with Gasteiger partial charge in [0.25, 0.3) is 0 Å². The predicted octanol–water partition coefficient (Wildman–Crippen LogP) is 26.7. The standard InChI is InChI=1S/C99H132N6O6/c1-88(2,3)55-40-61(79(106)67(46-55)94(19,20)21)73-74(62-41-56(89(4,5)6)47-68(80(62)107)95(22,23)24)101-85(100-73)52-37-53(86-102-75(63-42-57(90(7,8)9)48-69(81(63)108)96(25,26)27)76(103-86)64-43-58(91(10,11)12)49-70(82(64)109)97(28,29)30)39-54(38-52)87-104-77(65-44-59(92(13,14)15)50-71(83(65)110)98(31,32)33)78(105-87)66-45-60(93(16,17)18)51-72(84(66)111)99(34,35)36/h37-51,106-111H,1-36H3,(H,100,101)(H,102,103)(H,104,105). The van der Waals surface area contributed by atoms with Crippen molar-refractivity contribution in [3.05, 3.63) is 158 Å². The third-order valence-corrected chi connectivity index (χ3v) is 22.1. The van der Waals surface area contributed by atoms with Crippen LogP contribution in [0.5, 0.6) is 34.5 Å². The summed E-state index contributed by atoms with van der Waals surface area (Å²) >= 11 is 0. The second-order valence-corrected chi connectivity index (χ2v) is 44.2. The second kappa shape index (κ2) is 27.4. The molecule has 10 aromatic rings. The minimum Gasteiger partial charge on any atom is -0.507 e. The largest absolute Gasteiger partial charge is 0.507 e. The zero-order valence-corrected chi connectivity index (χ0v) is 74.2. The molecule has 0 unspecified atom stereocenters. The fourth-order valence-corrected chi connectivity index (χ4v) is 14.7. The van der Waals surface area contributed by atoms with Crippen molar-refractivity contribution in [1.29, 1.82) is 0 Å². The van der Waals surface area contributed by atoms with Crippen LogP contribution in [0.15, 0.2) is 91.0 Å². The number of H-pyrrole nitrogens is 3. The average Bonchev–Trinajstić information content (AvgIpc) is 1.76. The van der Waals surface area contributed by atoms with Gasteiger partial charge in [-0.15, -0.1) is 0 Å². The molecule has 111 heavy (non-hydrogen) atoms. The van der Waals surface area contributed by atoms with Crippen molar-refractivity contribution in [3.8, 4) is 136 Å². The fourth-order valence-electron chi connectivity index (χ4n) is 14.7. The summed E-state index contributed by atoms with van der Waals surface area (Å²) in [5.41, 5.74) is 12.4. The van der Waals surface area contributed by atoms with Crippen LogP contribution in [0.4, 0.5) is 0 Å². The number of nitrogens with one attached hydrogen (secondary N) is 3. The lowest BCUT2D eigenvalue weighted by Crippen LogP contribution is -2.17. The number of aromatic nitrogens is 6. The maximum absolute atomic E-state index is 13.1. The van der Waals surface area contributed by atoms with Gasteiger partial charge in [-0.25, -0.2) is 15.0 Å². The van der Waals surface area contributed by atoms with E-state index in [0.29, 0.717) is 102 Å². The van der Waals surface area contributed by atoms with Crippen LogP contribution in [-0.2, 0) is 65.0 Å².